The second-order valence-corrected chi connectivity index (χ2v) is 8.99. The molecule has 0 bridgehead atoms. The van der Waals surface area contributed by atoms with Gasteiger partial charge in [0.2, 0.25) is 5.95 Å². The van der Waals surface area contributed by atoms with Gasteiger partial charge < -0.3 is 15.1 Å². The number of fused-ring (bicyclic) bond motifs is 1. The quantitative estimate of drug-likeness (QED) is 0.369. The zero-order valence-corrected chi connectivity index (χ0v) is 20.7. The third-order valence-corrected chi connectivity index (χ3v) is 5.96. The summed E-state index contributed by atoms with van der Waals surface area (Å²) in [7, 11) is 5.69. The van der Waals surface area contributed by atoms with Crippen LogP contribution < -0.4 is 5.32 Å². The number of nitrogens with zero attached hydrogens (tertiary/aromatic N) is 5. The van der Waals surface area contributed by atoms with Gasteiger partial charge in [0.25, 0.3) is 5.91 Å². The van der Waals surface area contributed by atoms with Crippen LogP contribution in [-0.2, 0) is 0 Å². The van der Waals surface area contributed by atoms with E-state index in [9.17, 15) is 9.18 Å². The molecule has 0 aliphatic carbocycles. The van der Waals surface area contributed by atoms with Crippen LogP contribution in [0.5, 0.6) is 0 Å². The first-order chi connectivity index (χ1) is 16.3. The Bertz CT molecular complexity index is 1330. The van der Waals surface area contributed by atoms with Gasteiger partial charge in [-0.25, -0.2) is 14.4 Å². The highest BCUT2D eigenvalue weighted by Crippen LogP contribution is 2.32. The SMILES string of the molecule is CN(C)CCN(C)C(=O)c1nc2nc(Nc3ccc(F)cc3)ncc2cc1-c1ccccc1Br. The molecule has 0 atom stereocenters. The van der Waals surface area contributed by atoms with Crippen LogP contribution in [0, 0.1) is 5.82 Å². The molecule has 174 valence electrons. The van der Waals surface area contributed by atoms with Gasteiger partial charge in [0.15, 0.2) is 5.65 Å². The van der Waals surface area contributed by atoms with Crippen molar-refractivity contribution in [1.82, 2.24) is 24.8 Å². The van der Waals surface area contributed by atoms with E-state index < -0.39 is 0 Å². The van der Waals surface area contributed by atoms with Crippen molar-refractivity contribution < 1.29 is 9.18 Å². The first-order valence-electron chi connectivity index (χ1n) is 10.7. The third kappa shape index (κ3) is 5.37. The van der Waals surface area contributed by atoms with Crippen LogP contribution in [-0.4, -0.2) is 64.9 Å². The van der Waals surface area contributed by atoms with Gasteiger partial charge in [0, 0.05) is 47.4 Å². The van der Waals surface area contributed by atoms with E-state index in [0.29, 0.717) is 40.5 Å². The molecule has 4 aromatic rings. The Labute approximate surface area is 205 Å². The van der Waals surface area contributed by atoms with Gasteiger partial charge in [-0.1, -0.05) is 34.1 Å². The van der Waals surface area contributed by atoms with Gasteiger partial charge in [0.05, 0.1) is 0 Å². The molecule has 2 heterocycles. The average Bonchev–Trinajstić information content (AvgIpc) is 2.83. The first-order valence-corrected chi connectivity index (χ1v) is 11.5. The van der Waals surface area contributed by atoms with E-state index >= 15 is 0 Å². The number of anilines is 2. The standard InChI is InChI=1S/C25H24BrFN6O/c1-32(2)12-13-33(3)24(34)22-20(19-6-4-5-7-21(19)26)14-16-15-28-25(31-23(16)30-22)29-18-10-8-17(27)9-11-18/h4-11,14-15H,12-13H2,1-3H3,(H,28,29,30,31). The topological polar surface area (TPSA) is 74.2 Å². The minimum atomic E-state index is -0.326. The van der Waals surface area contributed by atoms with Gasteiger partial charge in [-0.05, 0) is 56.1 Å². The molecule has 7 nitrogen and oxygen atoms in total. The molecule has 0 saturated heterocycles. The zero-order valence-electron chi connectivity index (χ0n) is 19.1. The van der Waals surface area contributed by atoms with Crippen molar-refractivity contribution in [2.24, 2.45) is 0 Å². The number of carbonyl (C=O) groups excluding carboxylic acids is 1. The minimum absolute atomic E-state index is 0.193. The van der Waals surface area contributed by atoms with Crippen LogP contribution >= 0.6 is 15.9 Å². The highest BCUT2D eigenvalue weighted by molar-refractivity contribution is 9.10. The van der Waals surface area contributed by atoms with Crippen LogP contribution in [0.2, 0.25) is 0 Å². The van der Waals surface area contributed by atoms with Gasteiger partial charge in [-0.15, -0.1) is 0 Å². The molecule has 0 fully saturated rings. The Morgan fingerprint density at radius 2 is 1.74 bits per heavy atom. The maximum Gasteiger partial charge on any atom is 0.272 e. The maximum absolute atomic E-state index is 13.4. The maximum atomic E-state index is 13.4. The summed E-state index contributed by atoms with van der Waals surface area (Å²) in [6.07, 6.45) is 1.66. The van der Waals surface area contributed by atoms with E-state index in [2.05, 4.69) is 36.2 Å². The second kappa shape index (κ2) is 10.2. The minimum Gasteiger partial charge on any atom is -0.339 e. The van der Waals surface area contributed by atoms with Crippen molar-refractivity contribution >= 4 is 44.5 Å². The van der Waals surface area contributed by atoms with Crippen LogP contribution in [0.1, 0.15) is 10.5 Å². The number of rotatable bonds is 7. The van der Waals surface area contributed by atoms with Gasteiger partial charge in [0.1, 0.15) is 11.5 Å². The van der Waals surface area contributed by atoms with E-state index in [1.54, 1.807) is 30.3 Å². The lowest BCUT2D eigenvalue weighted by molar-refractivity contribution is 0.0781. The Morgan fingerprint density at radius 3 is 2.44 bits per heavy atom. The Balaban J connectivity index is 1.78. The molecular weight excluding hydrogens is 499 g/mol. The van der Waals surface area contributed by atoms with Crippen LogP contribution in [0.15, 0.2) is 65.3 Å². The molecule has 0 aliphatic rings. The lowest BCUT2D eigenvalue weighted by Gasteiger charge is -2.21. The first kappa shape index (κ1) is 23.7. The van der Waals surface area contributed by atoms with E-state index in [-0.39, 0.29) is 11.7 Å². The number of nitrogens with one attached hydrogen (secondary N) is 1. The molecule has 4 rings (SSSR count). The van der Waals surface area contributed by atoms with Gasteiger partial charge in [-0.3, -0.25) is 4.79 Å². The number of carbonyl (C=O) groups is 1. The number of benzene rings is 2. The average molecular weight is 523 g/mol. The van der Waals surface area contributed by atoms with E-state index in [1.807, 2.05) is 49.3 Å². The fourth-order valence-electron chi connectivity index (χ4n) is 3.37. The number of halogens is 2. The van der Waals surface area contributed by atoms with Gasteiger partial charge >= 0.3 is 0 Å². The van der Waals surface area contributed by atoms with Gasteiger partial charge in [-0.2, -0.15) is 4.98 Å². The number of hydrogen-bond acceptors (Lipinski definition) is 6. The zero-order chi connectivity index (χ0) is 24.2. The highest BCUT2D eigenvalue weighted by Gasteiger charge is 2.22. The van der Waals surface area contributed by atoms with E-state index in [1.165, 1.54) is 12.1 Å². The molecule has 1 N–H and O–H groups in total. The van der Waals surface area contributed by atoms with Crippen molar-refractivity contribution in [2.75, 3.05) is 39.5 Å². The summed E-state index contributed by atoms with van der Waals surface area (Å²) in [6, 6.07) is 15.5. The Kier molecular flexibility index (Phi) is 7.14. The smallest absolute Gasteiger partial charge is 0.272 e. The molecule has 0 unspecified atom stereocenters. The summed E-state index contributed by atoms with van der Waals surface area (Å²) in [5.41, 5.74) is 2.90. The summed E-state index contributed by atoms with van der Waals surface area (Å²) in [5.74, 6) is -0.214. The lowest BCUT2D eigenvalue weighted by Crippen LogP contribution is -2.34. The van der Waals surface area contributed by atoms with Crippen LogP contribution in [0.4, 0.5) is 16.0 Å². The monoisotopic (exact) mass is 522 g/mol. The fraction of sp³-hybridized carbons (Fsp3) is 0.200. The van der Waals surface area contributed by atoms with Crippen molar-refractivity contribution in [1.29, 1.82) is 0 Å². The highest BCUT2D eigenvalue weighted by atomic mass is 79.9. The number of likely N-dealkylation sites (N-methyl/N-ethyl adjacent to an activating group) is 2. The van der Waals surface area contributed by atoms with E-state index in [4.69, 9.17) is 0 Å². The van der Waals surface area contributed by atoms with Crippen molar-refractivity contribution in [3.05, 3.63) is 76.8 Å². The van der Waals surface area contributed by atoms with Crippen LogP contribution in [0.3, 0.4) is 0 Å². The molecule has 0 saturated carbocycles. The third-order valence-electron chi connectivity index (χ3n) is 5.26. The molecule has 0 aliphatic heterocycles. The molecule has 0 radical (unpaired) electrons. The van der Waals surface area contributed by atoms with Crippen molar-refractivity contribution in [3.8, 4) is 11.1 Å². The molecular formula is C25H24BrFN6O. The Hall–Kier alpha value is -3.43. The summed E-state index contributed by atoms with van der Waals surface area (Å²) >= 11 is 3.59. The predicted molar refractivity (Wildman–Crippen MR) is 136 cm³/mol. The summed E-state index contributed by atoms with van der Waals surface area (Å²) in [5, 5.41) is 3.74. The Morgan fingerprint density at radius 1 is 1.00 bits per heavy atom. The fourth-order valence-corrected chi connectivity index (χ4v) is 3.86. The van der Waals surface area contributed by atoms with Crippen molar-refractivity contribution in [3.63, 3.8) is 0 Å². The number of pyridine rings is 1. The molecule has 34 heavy (non-hydrogen) atoms. The summed E-state index contributed by atoms with van der Waals surface area (Å²) in [6.45, 7) is 1.29. The molecule has 2 aromatic heterocycles. The normalized spacial score (nSPS) is 11.1. The van der Waals surface area contributed by atoms with Crippen LogP contribution in [0.25, 0.3) is 22.2 Å². The molecule has 0 spiro atoms. The molecule has 2 aromatic carbocycles. The molecule has 1 amide bonds. The van der Waals surface area contributed by atoms with Crippen molar-refractivity contribution in [2.45, 2.75) is 0 Å². The lowest BCUT2D eigenvalue weighted by atomic mass is 10.0. The summed E-state index contributed by atoms with van der Waals surface area (Å²) in [4.78, 5) is 30.7. The molecule has 9 heteroatoms. The predicted octanol–water partition coefficient (Wildman–Crippen LogP) is 4.97. The second-order valence-electron chi connectivity index (χ2n) is 8.13. The largest absolute Gasteiger partial charge is 0.339 e. The number of aromatic nitrogens is 3. The number of hydrogen-bond donors (Lipinski definition) is 1. The number of amides is 1. The summed E-state index contributed by atoms with van der Waals surface area (Å²) < 4.78 is 14.1. The van der Waals surface area contributed by atoms with E-state index in [0.717, 1.165) is 16.6 Å².